The monoisotopic (exact) mass is 437 g/mol. The Hall–Kier alpha value is -1.35. The minimum Gasteiger partial charge on any atom is -0.450 e. The molecule has 0 aromatic carbocycles. The van der Waals surface area contributed by atoms with Crippen LogP contribution in [0, 0.1) is 0 Å². The van der Waals surface area contributed by atoms with Crippen LogP contribution in [0.3, 0.4) is 0 Å². The highest BCUT2D eigenvalue weighted by Gasteiger charge is 2.46. The molecule has 1 N–H and O–H groups in total. The molecule has 0 spiro atoms. The molecule has 26 heavy (non-hydrogen) atoms. The number of aromatic nitrogens is 1. The molecule has 1 unspecified atom stereocenters. The van der Waals surface area contributed by atoms with Crippen molar-refractivity contribution in [1.29, 1.82) is 0 Å². The normalized spacial score (nSPS) is 19.8. The molecular formula is C17H23BrF3N3O2. The number of nitrogens with one attached hydrogen (secondary N) is 1. The number of hydrogen-bond acceptors (Lipinski definition) is 4. The summed E-state index contributed by atoms with van der Waals surface area (Å²) in [5, 5.41) is 2.68. The summed E-state index contributed by atoms with van der Waals surface area (Å²) in [4.78, 5) is 17.0. The molecule has 0 bridgehead atoms. The smallest absolute Gasteiger partial charge is 0.409 e. The average Bonchev–Trinajstić information content (AvgIpc) is 2.56. The Morgan fingerprint density at radius 3 is 2.88 bits per heavy atom. The number of pyridine rings is 1. The first-order chi connectivity index (χ1) is 12.3. The molecule has 0 radical (unpaired) electrons. The lowest BCUT2D eigenvalue weighted by atomic mass is 10.0. The van der Waals surface area contributed by atoms with E-state index < -0.39 is 18.3 Å². The van der Waals surface area contributed by atoms with Gasteiger partial charge in [0.2, 0.25) is 0 Å². The summed E-state index contributed by atoms with van der Waals surface area (Å²) >= 11 is 3.18. The minimum atomic E-state index is -4.45. The molecule has 1 aromatic heterocycles. The number of rotatable bonds is 6. The van der Waals surface area contributed by atoms with Crippen LogP contribution in [0.15, 0.2) is 22.8 Å². The Bertz CT molecular complexity index is 584. The van der Waals surface area contributed by atoms with Crippen molar-refractivity contribution in [2.75, 3.05) is 19.7 Å². The highest BCUT2D eigenvalue weighted by Crippen LogP contribution is 2.38. The van der Waals surface area contributed by atoms with Gasteiger partial charge in [0.05, 0.1) is 12.3 Å². The van der Waals surface area contributed by atoms with Gasteiger partial charge in [0.1, 0.15) is 6.04 Å². The maximum Gasteiger partial charge on any atom is 0.409 e. The van der Waals surface area contributed by atoms with E-state index >= 15 is 0 Å². The van der Waals surface area contributed by atoms with E-state index in [4.69, 9.17) is 4.74 Å². The average molecular weight is 438 g/mol. The summed E-state index contributed by atoms with van der Waals surface area (Å²) in [6.07, 6.45) is -0.826. The number of alkyl carbamates (subject to hydrolysis) is 1. The Morgan fingerprint density at radius 2 is 2.27 bits per heavy atom. The van der Waals surface area contributed by atoms with Crippen molar-refractivity contribution in [3.05, 3.63) is 28.5 Å². The maximum absolute atomic E-state index is 13.7. The van der Waals surface area contributed by atoms with E-state index in [1.54, 1.807) is 6.07 Å². The molecule has 9 heteroatoms. The number of likely N-dealkylation sites (tertiary alicyclic amines) is 1. The molecular weight excluding hydrogens is 415 g/mol. The van der Waals surface area contributed by atoms with Crippen LogP contribution in [0.2, 0.25) is 0 Å². The van der Waals surface area contributed by atoms with Crippen LogP contribution in [0.5, 0.6) is 0 Å². The zero-order valence-electron chi connectivity index (χ0n) is 14.6. The van der Waals surface area contributed by atoms with Crippen LogP contribution < -0.4 is 5.32 Å². The number of nitrogens with zero attached hydrogens (tertiary/aromatic N) is 2. The third kappa shape index (κ3) is 6.12. The molecule has 1 saturated heterocycles. The Morgan fingerprint density at radius 1 is 1.50 bits per heavy atom. The van der Waals surface area contributed by atoms with E-state index in [1.807, 2.05) is 6.92 Å². The molecule has 1 aliphatic rings. The van der Waals surface area contributed by atoms with E-state index in [0.717, 1.165) is 12.8 Å². The fraction of sp³-hybridized carbons (Fsp3) is 0.647. The van der Waals surface area contributed by atoms with E-state index in [-0.39, 0.29) is 18.3 Å². The zero-order valence-corrected chi connectivity index (χ0v) is 16.1. The number of hydrogen-bond donors (Lipinski definition) is 1. The highest BCUT2D eigenvalue weighted by atomic mass is 79.9. The number of halogens is 4. The van der Waals surface area contributed by atoms with Gasteiger partial charge in [-0.05, 0) is 53.9 Å². The topological polar surface area (TPSA) is 54.5 Å². The molecule has 0 aliphatic carbocycles. The van der Waals surface area contributed by atoms with Gasteiger partial charge in [-0.15, -0.1) is 0 Å². The molecule has 0 saturated carbocycles. The maximum atomic E-state index is 13.7. The van der Waals surface area contributed by atoms with Crippen molar-refractivity contribution in [2.45, 2.75) is 50.9 Å². The summed E-state index contributed by atoms with van der Waals surface area (Å²) < 4.78 is 46.7. The summed E-state index contributed by atoms with van der Waals surface area (Å²) in [6.45, 7) is 2.69. The predicted molar refractivity (Wildman–Crippen MR) is 94.7 cm³/mol. The van der Waals surface area contributed by atoms with Crippen LogP contribution in [0.25, 0.3) is 0 Å². The molecule has 2 rings (SSSR count). The number of unbranched alkanes of at least 4 members (excludes halogenated alkanes) is 1. The van der Waals surface area contributed by atoms with Crippen molar-refractivity contribution in [3.8, 4) is 0 Å². The van der Waals surface area contributed by atoms with Gasteiger partial charge in [-0.1, -0.05) is 13.3 Å². The summed E-state index contributed by atoms with van der Waals surface area (Å²) in [5.41, 5.74) is -0.0492. The van der Waals surface area contributed by atoms with Gasteiger partial charge in [-0.25, -0.2) is 4.79 Å². The molecule has 1 aliphatic heterocycles. The molecule has 2 atom stereocenters. The fourth-order valence-electron chi connectivity index (χ4n) is 2.99. The fourth-order valence-corrected chi connectivity index (χ4v) is 3.22. The molecule has 5 nitrogen and oxygen atoms in total. The second-order valence-corrected chi connectivity index (χ2v) is 7.23. The first kappa shape index (κ1) is 21.0. The van der Waals surface area contributed by atoms with E-state index in [1.165, 1.54) is 17.2 Å². The lowest BCUT2D eigenvalue weighted by Gasteiger charge is -2.38. The molecule has 1 fully saturated rings. The molecule has 2 heterocycles. The summed E-state index contributed by atoms with van der Waals surface area (Å²) in [7, 11) is 0. The van der Waals surface area contributed by atoms with E-state index in [2.05, 4.69) is 26.2 Å². The number of ether oxygens (including phenoxy) is 1. The second kappa shape index (κ2) is 9.55. The third-order valence-corrected chi connectivity index (χ3v) is 4.68. The van der Waals surface area contributed by atoms with E-state index in [0.29, 0.717) is 30.5 Å². The molecule has 1 amide bonds. The van der Waals surface area contributed by atoms with Gasteiger partial charge in [0, 0.05) is 23.3 Å². The minimum absolute atomic E-state index is 0.0492. The van der Waals surface area contributed by atoms with E-state index in [9.17, 15) is 18.0 Å². The van der Waals surface area contributed by atoms with Gasteiger partial charge in [0.25, 0.3) is 0 Å². The predicted octanol–water partition coefficient (Wildman–Crippen LogP) is 4.44. The van der Waals surface area contributed by atoms with Crippen LogP contribution in [-0.2, 0) is 4.74 Å². The highest BCUT2D eigenvalue weighted by molar-refractivity contribution is 9.10. The summed E-state index contributed by atoms with van der Waals surface area (Å²) in [6, 6.07) is 0.749. The van der Waals surface area contributed by atoms with Gasteiger partial charge < -0.3 is 10.1 Å². The molecule has 1 aromatic rings. The number of carbonyl (C=O) groups excluding carboxylic acids is 1. The Balaban J connectivity index is 2.04. The largest absolute Gasteiger partial charge is 0.450 e. The first-order valence-corrected chi connectivity index (χ1v) is 9.46. The van der Waals surface area contributed by atoms with Crippen molar-refractivity contribution < 1.29 is 22.7 Å². The summed E-state index contributed by atoms with van der Waals surface area (Å²) in [5.74, 6) is 0. The standard InChI is InChI=1S/C17H23BrF3N3O2/c1-2-3-9-26-16(25)23-13-5-4-8-24(11-13)15(17(19,20)21)14-7-6-12(18)10-22-14/h6-7,10,13,15H,2-5,8-9,11H2,1H3,(H,23,25)/t13-,15?/m0/s1. The number of amides is 1. The van der Waals surface area contributed by atoms with Crippen LogP contribution >= 0.6 is 15.9 Å². The number of piperidine rings is 1. The van der Waals surface area contributed by atoms with Crippen molar-refractivity contribution in [2.24, 2.45) is 0 Å². The van der Waals surface area contributed by atoms with Crippen molar-refractivity contribution in [1.82, 2.24) is 15.2 Å². The van der Waals surface area contributed by atoms with Crippen LogP contribution in [-0.4, -0.2) is 47.9 Å². The van der Waals surface area contributed by atoms with Gasteiger partial charge in [-0.2, -0.15) is 13.2 Å². The van der Waals surface area contributed by atoms with Crippen LogP contribution in [0.4, 0.5) is 18.0 Å². The lowest BCUT2D eigenvalue weighted by Crippen LogP contribution is -2.51. The number of alkyl halides is 3. The Labute approximate surface area is 159 Å². The van der Waals surface area contributed by atoms with Crippen molar-refractivity contribution >= 4 is 22.0 Å². The first-order valence-electron chi connectivity index (χ1n) is 8.66. The number of carbonyl (C=O) groups is 1. The van der Waals surface area contributed by atoms with Gasteiger partial charge >= 0.3 is 12.3 Å². The zero-order chi connectivity index (χ0) is 19.2. The SMILES string of the molecule is CCCCOC(=O)N[C@H]1CCCN(C(c2ccc(Br)cn2)C(F)(F)F)C1. The third-order valence-electron chi connectivity index (χ3n) is 4.21. The van der Waals surface area contributed by atoms with Gasteiger partial charge in [-0.3, -0.25) is 9.88 Å². The molecule has 146 valence electrons. The lowest BCUT2D eigenvalue weighted by molar-refractivity contribution is -0.190. The quantitative estimate of drug-likeness (QED) is 0.668. The van der Waals surface area contributed by atoms with Gasteiger partial charge in [0.15, 0.2) is 0 Å². The van der Waals surface area contributed by atoms with Crippen molar-refractivity contribution in [3.63, 3.8) is 0 Å². The second-order valence-electron chi connectivity index (χ2n) is 6.31. The van der Waals surface area contributed by atoms with Crippen LogP contribution in [0.1, 0.15) is 44.3 Å². The Kier molecular flexibility index (Phi) is 7.69.